The molecule has 0 radical (unpaired) electrons. The van der Waals surface area contributed by atoms with Gasteiger partial charge in [0.25, 0.3) is 0 Å². The van der Waals surface area contributed by atoms with E-state index in [0.717, 1.165) is 6.42 Å². The lowest BCUT2D eigenvalue weighted by Gasteiger charge is -2.22. The molecular formula is C9H13N. The second-order valence-corrected chi connectivity index (χ2v) is 3.37. The summed E-state index contributed by atoms with van der Waals surface area (Å²) in [5, 5.41) is 8.77. The lowest BCUT2D eigenvalue weighted by Crippen LogP contribution is -2.14. The SMILES string of the molecule is CC1=CC(C)(C#N)CCC1. The second-order valence-electron chi connectivity index (χ2n) is 3.37. The Hall–Kier alpha value is -0.770. The first kappa shape index (κ1) is 7.34. The zero-order chi connectivity index (χ0) is 7.61. The minimum Gasteiger partial charge on any atom is -0.197 e. The molecule has 0 aromatic heterocycles. The van der Waals surface area contributed by atoms with Crippen molar-refractivity contribution < 1.29 is 0 Å². The molecule has 0 aromatic rings. The zero-order valence-corrected chi connectivity index (χ0v) is 6.65. The van der Waals surface area contributed by atoms with Crippen LogP contribution in [0.1, 0.15) is 33.1 Å². The average molecular weight is 135 g/mol. The Bertz CT molecular complexity index is 197. The summed E-state index contributed by atoms with van der Waals surface area (Å²) in [7, 11) is 0. The third kappa shape index (κ3) is 1.39. The molecule has 0 fully saturated rings. The molecule has 0 saturated heterocycles. The van der Waals surface area contributed by atoms with Crippen LogP contribution in [0.15, 0.2) is 11.6 Å². The number of hydrogen-bond acceptors (Lipinski definition) is 1. The van der Waals surface area contributed by atoms with Crippen LogP contribution in [-0.2, 0) is 0 Å². The van der Waals surface area contributed by atoms with Gasteiger partial charge in [0.1, 0.15) is 0 Å². The van der Waals surface area contributed by atoms with Crippen molar-refractivity contribution in [2.24, 2.45) is 5.41 Å². The van der Waals surface area contributed by atoms with E-state index in [-0.39, 0.29) is 5.41 Å². The fraction of sp³-hybridized carbons (Fsp3) is 0.667. The summed E-state index contributed by atoms with van der Waals surface area (Å²) in [5.74, 6) is 0. The predicted octanol–water partition coefficient (Wildman–Crippen LogP) is 2.65. The van der Waals surface area contributed by atoms with Crippen molar-refractivity contribution in [3.05, 3.63) is 11.6 Å². The van der Waals surface area contributed by atoms with Crippen molar-refractivity contribution in [2.45, 2.75) is 33.1 Å². The molecule has 1 atom stereocenters. The van der Waals surface area contributed by atoms with Gasteiger partial charge in [-0.1, -0.05) is 11.6 Å². The van der Waals surface area contributed by atoms with E-state index in [0.29, 0.717) is 0 Å². The Morgan fingerprint density at radius 3 is 2.80 bits per heavy atom. The van der Waals surface area contributed by atoms with Crippen LogP contribution in [0.25, 0.3) is 0 Å². The summed E-state index contributed by atoms with van der Waals surface area (Å²) in [6, 6.07) is 2.33. The molecule has 1 aliphatic rings. The van der Waals surface area contributed by atoms with Crippen LogP contribution in [0.2, 0.25) is 0 Å². The lowest BCUT2D eigenvalue weighted by molar-refractivity contribution is 0.462. The molecule has 1 rings (SSSR count). The molecule has 1 unspecified atom stereocenters. The van der Waals surface area contributed by atoms with Gasteiger partial charge >= 0.3 is 0 Å². The third-order valence-corrected chi connectivity index (χ3v) is 2.09. The van der Waals surface area contributed by atoms with Crippen molar-refractivity contribution >= 4 is 0 Å². The van der Waals surface area contributed by atoms with Crippen LogP contribution in [-0.4, -0.2) is 0 Å². The van der Waals surface area contributed by atoms with E-state index >= 15 is 0 Å². The number of rotatable bonds is 0. The van der Waals surface area contributed by atoms with Gasteiger partial charge in [-0.25, -0.2) is 0 Å². The smallest absolute Gasteiger partial charge is 0.0728 e. The fourth-order valence-corrected chi connectivity index (χ4v) is 1.51. The van der Waals surface area contributed by atoms with Gasteiger partial charge in [0.05, 0.1) is 11.5 Å². The molecule has 54 valence electrons. The van der Waals surface area contributed by atoms with Crippen LogP contribution in [0.5, 0.6) is 0 Å². The number of nitrogens with zero attached hydrogens (tertiary/aromatic N) is 1. The highest BCUT2D eigenvalue weighted by Crippen LogP contribution is 2.32. The van der Waals surface area contributed by atoms with Crippen molar-refractivity contribution in [2.75, 3.05) is 0 Å². The highest BCUT2D eigenvalue weighted by atomic mass is 14.3. The highest BCUT2D eigenvalue weighted by Gasteiger charge is 2.23. The van der Waals surface area contributed by atoms with Crippen molar-refractivity contribution in [1.82, 2.24) is 0 Å². The quantitative estimate of drug-likeness (QED) is 0.468. The molecule has 1 nitrogen and oxygen atoms in total. The van der Waals surface area contributed by atoms with Crippen LogP contribution < -0.4 is 0 Å². The number of allylic oxidation sites excluding steroid dienone is 2. The normalized spacial score (nSPS) is 32.7. The van der Waals surface area contributed by atoms with Crippen LogP contribution in [0.4, 0.5) is 0 Å². The van der Waals surface area contributed by atoms with E-state index in [1.165, 1.54) is 18.4 Å². The Morgan fingerprint density at radius 2 is 2.40 bits per heavy atom. The summed E-state index contributed by atoms with van der Waals surface area (Å²) < 4.78 is 0. The van der Waals surface area contributed by atoms with Gasteiger partial charge in [-0.05, 0) is 33.1 Å². The summed E-state index contributed by atoms with van der Waals surface area (Å²) in [6.07, 6.45) is 5.49. The first-order valence-corrected chi connectivity index (χ1v) is 3.76. The van der Waals surface area contributed by atoms with E-state index < -0.39 is 0 Å². The first-order chi connectivity index (χ1) is 4.66. The predicted molar refractivity (Wildman–Crippen MR) is 41.3 cm³/mol. The van der Waals surface area contributed by atoms with E-state index in [1.54, 1.807) is 0 Å². The Kier molecular flexibility index (Phi) is 1.80. The molecule has 0 heterocycles. The van der Waals surface area contributed by atoms with Gasteiger partial charge < -0.3 is 0 Å². The maximum atomic E-state index is 8.77. The molecule has 1 heteroatoms. The van der Waals surface area contributed by atoms with Crippen LogP contribution in [0, 0.1) is 16.7 Å². The standard InChI is InChI=1S/C9H13N/c1-8-4-3-5-9(2,6-8)7-10/h6H,3-5H2,1-2H3. The second kappa shape index (κ2) is 2.46. The minimum atomic E-state index is -0.164. The van der Waals surface area contributed by atoms with Gasteiger partial charge in [0, 0.05) is 0 Å². The summed E-state index contributed by atoms with van der Waals surface area (Å²) in [5.41, 5.74) is 1.21. The van der Waals surface area contributed by atoms with E-state index in [2.05, 4.69) is 19.1 Å². The molecule has 0 aliphatic heterocycles. The largest absolute Gasteiger partial charge is 0.197 e. The lowest BCUT2D eigenvalue weighted by atomic mass is 9.80. The molecular weight excluding hydrogens is 122 g/mol. The number of hydrogen-bond donors (Lipinski definition) is 0. The topological polar surface area (TPSA) is 23.8 Å². The summed E-state index contributed by atoms with van der Waals surface area (Å²) in [6.45, 7) is 4.12. The van der Waals surface area contributed by atoms with E-state index in [4.69, 9.17) is 5.26 Å². The van der Waals surface area contributed by atoms with E-state index in [9.17, 15) is 0 Å². The maximum Gasteiger partial charge on any atom is 0.0728 e. The molecule has 0 N–H and O–H groups in total. The van der Waals surface area contributed by atoms with Gasteiger partial charge in [-0.3, -0.25) is 0 Å². The molecule has 0 aromatic carbocycles. The minimum absolute atomic E-state index is 0.164. The van der Waals surface area contributed by atoms with Gasteiger partial charge in [0.15, 0.2) is 0 Å². The molecule has 0 bridgehead atoms. The molecule has 10 heavy (non-hydrogen) atoms. The Labute approximate surface area is 62.4 Å². The summed E-state index contributed by atoms with van der Waals surface area (Å²) in [4.78, 5) is 0. The molecule has 0 saturated carbocycles. The Morgan fingerprint density at radius 1 is 1.70 bits per heavy atom. The monoisotopic (exact) mass is 135 g/mol. The molecule has 0 amide bonds. The fourth-order valence-electron chi connectivity index (χ4n) is 1.51. The highest BCUT2D eigenvalue weighted by molar-refractivity contribution is 5.18. The van der Waals surface area contributed by atoms with Crippen LogP contribution in [0.3, 0.4) is 0 Å². The Balaban J connectivity index is 2.82. The van der Waals surface area contributed by atoms with Crippen LogP contribution >= 0.6 is 0 Å². The van der Waals surface area contributed by atoms with Crippen molar-refractivity contribution in [3.63, 3.8) is 0 Å². The molecule has 0 spiro atoms. The maximum absolute atomic E-state index is 8.77. The van der Waals surface area contributed by atoms with Gasteiger partial charge in [-0.2, -0.15) is 5.26 Å². The van der Waals surface area contributed by atoms with E-state index in [1.807, 2.05) is 6.92 Å². The third-order valence-electron chi connectivity index (χ3n) is 2.09. The zero-order valence-electron chi connectivity index (χ0n) is 6.65. The summed E-state index contributed by atoms with van der Waals surface area (Å²) >= 11 is 0. The number of nitriles is 1. The first-order valence-electron chi connectivity index (χ1n) is 3.76. The average Bonchev–Trinajstić information content (AvgIpc) is 1.88. The van der Waals surface area contributed by atoms with Gasteiger partial charge in [-0.15, -0.1) is 0 Å². The van der Waals surface area contributed by atoms with Crippen molar-refractivity contribution in [1.29, 1.82) is 5.26 Å². The van der Waals surface area contributed by atoms with Crippen molar-refractivity contribution in [3.8, 4) is 6.07 Å². The van der Waals surface area contributed by atoms with Gasteiger partial charge in [0.2, 0.25) is 0 Å². The molecule has 1 aliphatic carbocycles.